The van der Waals surface area contributed by atoms with E-state index in [9.17, 15) is 9.90 Å². The molecule has 3 aromatic rings. The topological polar surface area (TPSA) is 54.7 Å². The second kappa shape index (κ2) is 6.02. The van der Waals surface area contributed by atoms with Crippen LogP contribution in [0.1, 0.15) is 22.7 Å². The van der Waals surface area contributed by atoms with Crippen molar-refractivity contribution in [3.63, 3.8) is 0 Å². The predicted octanol–water partition coefficient (Wildman–Crippen LogP) is 2.80. The van der Waals surface area contributed by atoms with Crippen molar-refractivity contribution in [3.8, 4) is 11.5 Å². The van der Waals surface area contributed by atoms with E-state index in [0.717, 1.165) is 22.4 Å². The van der Waals surface area contributed by atoms with Crippen molar-refractivity contribution in [2.45, 2.75) is 12.6 Å². The minimum absolute atomic E-state index is 0.114. The lowest BCUT2D eigenvalue weighted by molar-refractivity contribution is 0.306. The van der Waals surface area contributed by atoms with Gasteiger partial charge in [0.2, 0.25) is 5.43 Å². The van der Waals surface area contributed by atoms with E-state index in [2.05, 4.69) is 12.1 Å². The minimum Gasteiger partial charge on any atom is -0.503 e. The zero-order valence-corrected chi connectivity index (χ0v) is 13.8. The highest BCUT2D eigenvalue weighted by molar-refractivity contribution is 5.48. The van der Waals surface area contributed by atoms with Crippen molar-refractivity contribution in [1.82, 2.24) is 4.68 Å². The summed E-state index contributed by atoms with van der Waals surface area (Å²) in [4.78, 5) is 11.5. The summed E-state index contributed by atoms with van der Waals surface area (Å²) in [6, 6.07) is 17.4. The second-order valence-electron chi connectivity index (χ2n) is 6.08. The molecule has 0 radical (unpaired) electrons. The molecule has 1 atom stereocenters. The molecular weight excluding hydrogens is 316 g/mol. The van der Waals surface area contributed by atoms with E-state index in [4.69, 9.17) is 4.74 Å². The molecule has 0 saturated carbocycles. The number of pyridine rings is 1. The van der Waals surface area contributed by atoms with Crippen LogP contribution < -0.4 is 15.2 Å². The normalized spacial score (nSPS) is 15.5. The first-order valence-corrected chi connectivity index (χ1v) is 8.09. The maximum atomic E-state index is 11.5. The van der Waals surface area contributed by atoms with Gasteiger partial charge in [-0.25, -0.2) is 0 Å². The number of benzene rings is 2. The van der Waals surface area contributed by atoms with E-state index in [-0.39, 0.29) is 11.8 Å². The summed E-state index contributed by atoms with van der Waals surface area (Å²) in [5.41, 5.74) is 2.89. The van der Waals surface area contributed by atoms with Gasteiger partial charge in [-0.2, -0.15) is 0 Å². The van der Waals surface area contributed by atoms with E-state index < -0.39 is 5.43 Å². The quantitative estimate of drug-likeness (QED) is 0.783. The molecule has 0 fully saturated rings. The SMILES string of the molecule is CN(C1c2ccccc2COc2ccccc21)n1ccc(=O)c(O)c1. The van der Waals surface area contributed by atoms with Crippen LogP contribution in [0.15, 0.2) is 71.8 Å². The number of aromatic hydroxyl groups is 1. The maximum absolute atomic E-state index is 11.5. The fourth-order valence-electron chi connectivity index (χ4n) is 3.29. The average Bonchev–Trinajstić information content (AvgIpc) is 2.80. The highest BCUT2D eigenvalue weighted by Gasteiger charge is 2.28. The number of hydrogen-bond acceptors (Lipinski definition) is 4. The predicted molar refractivity (Wildman–Crippen MR) is 95.6 cm³/mol. The molecule has 0 spiro atoms. The Morgan fingerprint density at radius 3 is 2.60 bits per heavy atom. The zero-order chi connectivity index (χ0) is 17.4. The molecule has 0 saturated heterocycles. The summed E-state index contributed by atoms with van der Waals surface area (Å²) in [6.45, 7) is 0.507. The summed E-state index contributed by atoms with van der Waals surface area (Å²) < 4.78 is 7.72. The first-order chi connectivity index (χ1) is 12.1. The van der Waals surface area contributed by atoms with Crippen molar-refractivity contribution in [2.24, 2.45) is 0 Å². The number of para-hydroxylation sites is 1. The van der Waals surface area contributed by atoms with Gasteiger partial charge >= 0.3 is 0 Å². The number of ether oxygens (including phenoxy) is 1. The number of rotatable bonds is 2. The Balaban J connectivity index is 1.90. The molecule has 0 bridgehead atoms. The van der Waals surface area contributed by atoms with Crippen LogP contribution in [0, 0.1) is 0 Å². The van der Waals surface area contributed by atoms with Crippen LogP contribution in [0.2, 0.25) is 0 Å². The Morgan fingerprint density at radius 1 is 1.08 bits per heavy atom. The maximum Gasteiger partial charge on any atom is 0.223 e. The van der Waals surface area contributed by atoms with Crippen molar-refractivity contribution in [1.29, 1.82) is 0 Å². The van der Waals surface area contributed by atoms with Gasteiger partial charge in [-0.15, -0.1) is 0 Å². The van der Waals surface area contributed by atoms with Gasteiger partial charge in [0.1, 0.15) is 12.4 Å². The minimum atomic E-state index is -0.394. The standard InChI is InChI=1S/C20H18N2O3/c1-21(22-11-10-17(23)18(24)12-22)20-15-7-3-2-6-14(15)13-25-19-9-5-4-8-16(19)20/h2-12,20,24H,13H2,1H3. The van der Waals surface area contributed by atoms with E-state index in [1.807, 2.05) is 48.5 Å². The molecule has 0 aliphatic carbocycles. The van der Waals surface area contributed by atoms with Crippen LogP contribution in [-0.4, -0.2) is 16.8 Å². The molecule has 25 heavy (non-hydrogen) atoms. The molecule has 4 rings (SSSR count). The monoisotopic (exact) mass is 334 g/mol. The largest absolute Gasteiger partial charge is 0.503 e. The van der Waals surface area contributed by atoms with Crippen LogP contribution in [0.25, 0.3) is 0 Å². The lowest BCUT2D eigenvalue weighted by Crippen LogP contribution is -2.35. The molecule has 2 aromatic carbocycles. The number of fused-ring (bicyclic) bond motifs is 2. The molecule has 1 aromatic heterocycles. The molecule has 1 unspecified atom stereocenters. The Morgan fingerprint density at radius 2 is 1.80 bits per heavy atom. The molecule has 126 valence electrons. The van der Waals surface area contributed by atoms with Gasteiger partial charge in [-0.1, -0.05) is 42.5 Å². The second-order valence-corrected chi connectivity index (χ2v) is 6.08. The van der Waals surface area contributed by atoms with Crippen molar-refractivity contribution >= 4 is 0 Å². The van der Waals surface area contributed by atoms with E-state index in [1.54, 1.807) is 10.9 Å². The van der Waals surface area contributed by atoms with Crippen LogP contribution in [-0.2, 0) is 6.61 Å². The highest BCUT2D eigenvalue weighted by Crippen LogP contribution is 2.38. The lowest BCUT2D eigenvalue weighted by Gasteiger charge is -2.32. The fraction of sp³-hybridized carbons (Fsp3) is 0.150. The third-order valence-electron chi connectivity index (χ3n) is 4.57. The van der Waals surface area contributed by atoms with Gasteiger partial charge in [0.25, 0.3) is 0 Å². The molecule has 0 amide bonds. The molecule has 1 aliphatic heterocycles. The number of nitrogens with zero attached hydrogens (tertiary/aromatic N) is 2. The molecular formula is C20H18N2O3. The summed E-state index contributed by atoms with van der Waals surface area (Å²) in [6.07, 6.45) is 3.08. The van der Waals surface area contributed by atoms with Crippen molar-refractivity contribution in [3.05, 3.63) is 93.9 Å². The van der Waals surface area contributed by atoms with Gasteiger partial charge in [-0.3, -0.25) is 9.47 Å². The Hall–Kier alpha value is -3.21. The Bertz CT molecular complexity index is 933. The Kier molecular flexibility index (Phi) is 3.69. The average molecular weight is 334 g/mol. The van der Waals surface area contributed by atoms with Crippen molar-refractivity contribution in [2.75, 3.05) is 12.1 Å². The molecule has 5 heteroatoms. The zero-order valence-electron chi connectivity index (χ0n) is 13.8. The fourth-order valence-corrected chi connectivity index (χ4v) is 3.29. The molecule has 2 heterocycles. The van der Waals surface area contributed by atoms with Crippen LogP contribution >= 0.6 is 0 Å². The molecule has 5 nitrogen and oxygen atoms in total. The first-order valence-electron chi connectivity index (χ1n) is 8.09. The Labute approximate surface area is 145 Å². The smallest absolute Gasteiger partial charge is 0.223 e. The van der Waals surface area contributed by atoms with Gasteiger partial charge in [0.05, 0.1) is 12.2 Å². The van der Waals surface area contributed by atoms with Gasteiger partial charge in [0, 0.05) is 24.9 Å². The molecule has 1 aliphatic rings. The summed E-state index contributed by atoms with van der Waals surface area (Å²) in [7, 11) is 1.92. The van der Waals surface area contributed by atoms with Crippen LogP contribution in [0.5, 0.6) is 11.5 Å². The van der Waals surface area contributed by atoms with Crippen molar-refractivity contribution < 1.29 is 9.84 Å². The third kappa shape index (κ3) is 2.63. The van der Waals surface area contributed by atoms with Crippen LogP contribution in [0.4, 0.5) is 0 Å². The molecule has 1 N–H and O–H groups in total. The van der Waals surface area contributed by atoms with Gasteiger partial charge in [-0.05, 0) is 17.2 Å². The van der Waals surface area contributed by atoms with Gasteiger partial charge in [0.15, 0.2) is 5.75 Å². The summed E-state index contributed by atoms with van der Waals surface area (Å²) in [5.74, 6) is 0.557. The van der Waals surface area contributed by atoms with E-state index in [1.165, 1.54) is 12.3 Å². The van der Waals surface area contributed by atoms with E-state index >= 15 is 0 Å². The number of aromatic nitrogens is 1. The summed E-state index contributed by atoms with van der Waals surface area (Å²) >= 11 is 0. The highest BCUT2D eigenvalue weighted by atomic mass is 16.5. The third-order valence-corrected chi connectivity index (χ3v) is 4.57. The first kappa shape index (κ1) is 15.3. The van der Waals surface area contributed by atoms with E-state index in [0.29, 0.717) is 6.61 Å². The summed E-state index contributed by atoms with van der Waals surface area (Å²) in [5, 5.41) is 11.8. The van der Waals surface area contributed by atoms with Crippen LogP contribution in [0.3, 0.4) is 0 Å². The van der Waals surface area contributed by atoms with Gasteiger partial charge < -0.3 is 14.9 Å². The lowest BCUT2D eigenvalue weighted by atomic mass is 9.95. The number of hydrogen-bond donors (Lipinski definition) is 1.